The van der Waals surface area contributed by atoms with Gasteiger partial charge in [-0.3, -0.25) is 15.2 Å². The molecule has 1 saturated heterocycles. The highest BCUT2D eigenvalue weighted by Crippen LogP contribution is 2.37. The SMILES string of the molecule is COC(=O)Nc1c2c(nc3ccc(Cl)cc13)CC1CCCCN1C2. The molecule has 1 aromatic heterocycles. The third-order valence-corrected chi connectivity index (χ3v) is 5.32. The molecule has 4 rings (SSSR count). The standard InChI is InChI=1S/C18H20ClN3O2/c1-24-18(23)21-17-13-8-11(19)5-6-15(13)20-16-9-12-4-2-3-7-22(12)10-14(16)17/h5-6,8,12H,2-4,7,9-10H2,1H3,(H,20,21,23). The maximum atomic E-state index is 11.9. The molecule has 0 radical (unpaired) electrons. The zero-order valence-electron chi connectivity index (χ0n) is 13.6. The molecular formula is C18H20ClN3O2. The van der Waals surface area contributed by atoms with Crippen molar-refractivity contribution in [3.63, 3.8) is 0 Å². The molecule has 24 heavy (non-hydrogen) atoms. The molecule has 2 aliphatic heterocycles. The number of halogens is 1. The van der Waals surface area contributed by atoms with Crippen molar-refractivity contribution in [2.45, 2.75) is 38.3 Å². The average Bonchev–Trinajstić information content (AvgIpc) is 2.60. The smallest absolute Gasteiger partial charge is 0.411 e. The number of ether oxygens (including phenoxy) is 1. The highest BCUT2D eigenvalue weighted by molar-refractivity contribution is 6.31. The van der Waals surface area contributed by atoms with E-state index in [-0.39, 0.29) is 0 Å². The number of methoxy groups -OCH3 is 1. The number of piperidine rings is 1. The number of amides is 1. The van der Waals surface area contributed by atoms with Crippen LogP contribution in [0.4, 0.5) is 10.5 Å². The van der Waals surface area contributed by atoms with E-state index >= 15 is 0 Å². The number of nitrogens with one attached hydrogen (secondary N) is 1. The Hall–Kier alpha value is -1.85. The summed E-state index contributed by atoms with van der Waals surface area (Å²) in [5, 5.41) is 4.39. The topological polar surface area (TPSA) is 54.5 Å². The Labute approximate surface area is 145 Å². The highest BCUT2D eigenvalue weighted by Gasteiger charge is 2.31. The summed E-state index contributed by atoms with van der Waals surface area (Å²) in [5.74, 6) is 0. The molecule has 6 heteroatoms. The molecule has 0 aliphatic carbocycles. The van der Waals surface area contributed by atoms with Gasteiger partial charge in [0.05, 0.1) is 18.3 Å². The van der Waals surface area contributed by atoms with E-state index in [0.29, 0.717) is 11.1 Å². The Morgan fingerprint density at radius 2 is 2.29 bits per heavy atom. The minimum atomic E-state index is -0.467. The van der Waals surface area contributed by atoms with E-state index in [4.69, 9.17) is 21.3 Å². The molecule has 1 aromatic carbocycles. The van der Waals surface area contributed by atoms with Gasteiger partial charge in [-0.2, -0.15) is 0 Å². The predicted molar refractivity (Wildman–Crippen MR) is 94.5 cm³/mol. The molecule has 2 aliphatic rings. The molecule has 1 unspecified atom stereocenters. The summed E-state index contributed by atoms with van der Waals surface area (Å²) >= 11 is 6.17. The lowest BCUT2D eigenvalue weighted by Gasteiger charge is -2.40. The van der Waals surface area contributed by atoms with Crippen molar-refractivity contribution in [3.8, 4) is 0 Å². The Morgan fingerprint density at radius 1 is 1.42 bits per heavy atom. The number of benzene rings is 1. The second-order valence-corrected chi connectivity index (χ2v) is 6.95. The predicted octanol–water partition coefficient (Wildman–Crippen LogP) is 3.98. The van der Waals surface area contributed by atoms with E-state index in [1.54, 1.807) is 0 Å². The Balaban J connectivity index is 1.87. The zero-order valence-corrected chi connectivity index (χ0v) is 14.4. The first-order valence-corrected chi connectivity index (χ1v) is 8.73. The van der Waals surface area contributed by atoms with Crippen LogP contribution in [0.25, 0.3) is 10.9 Å². The monoisotopic (exact) mass is 345 g/mol. The minimum absolute atomic E-state index is 0.467. The maximum Gasteiger partial charge on any atom is 0.411 e. The summed E-state index contributed by atoms with van der Waals surface area (Å²) in [4.78, 5) is 19.2. The molecule has 0 spiro atoms. The van der Waals surface area contributed by atoms with Crippen LogP contribution in [0.15, 0.2) is 18.2 Å². The molecule has 0 bridgehead atoms. The Kier molecular flexibility index (Phi) is 4.06. The van der Waals surface area contributed by atoms with Gasteiger partial charge in [0.1, 0.15) is 0 Å². The zero-order chi connectivity index (χ0) is 16.7. The van der Waals surface area contributed by atoms with Crippen molar-refractivity contribution in [3.05, 3.63) is 34.5 Å². The first kappa shape index (κ1) is 15.7. The number of carbonyl (C=O) groups is 1. The van der Waals surface area contributed by atoms with Gasteiger partial charge in [-0.15, -0.1) is 0 Å². The average molecular weight is 346 g/mol. The van der Waals surface area contributed by atoms with Crippen molar-refractivity contribution >= 4 is 34.3 Å². The molecule has 0 saturated carbocycles. The number of hydrogen-bond acceptors (Lipinski definition) is 4. The Morgan fingerprint density at radius 3 is 3.12 bits per heavy atom. The maximum absolute atomic E-state index is 11.9. The number of anilines is 1. The number of carbonyl (C=O) groups excluding carboxylic acids is 1. The summed E-state index contributed by atoms with van der Waals surface area (Å²) in [7, 11) is 1.37. The van der Waals surface area contributed by atoms with Crippen LogP contribution in [0.2, 0.25) is 5.02 Å². The third-order valence-electron chi connectivity index (χ3n) is 5.09. The first-order valence-electron chi connectivity index (χ1n) is 8.35. The fourth-order valence-electron chi connectivity index (χ4n) is 3.89. The lowest BCUT2D eigenvalue weighted by molar-refractivity contribution is 0.126. The van der Waals surface area contributed by atoms with Gasteiger partial charge in [0, 0.05) is 40.7 Å². The number of pyridine rings is 1. The van der Waals surface area contributed by atoms with Crippen molar-refractivity contribution in [2.24, 2.45) is 0 Å². The highest BCUT2D eigenvalue weighted by atomic mass is 35.5. The van der Waals surface area contributed by atoms with Crippen LogP contribution >= 0.6 is 11.6 Å². The third kappa shape index (κ3) is 2.72. The van der Waals surface area contributed by atoms with Gasteiger partial charge in [-0.1, -0.05) is 18.0 Å². The van der Waals surface area contributed by atoms with Crippen LogP contribution in [-0.2, 0) is 17.7 Å². The molecule has 126 valence electrons. The van der Waals surface area contributed by atoms with Crippen LogP contribution in [0.1, 0.15) is 30.5 Å². The van der Waals surface area contributed by atoms with E-state index in [1.165, 1.54) is 26.4 Å². The number of nitrogens with zero attached hydrogens (tertiary/aromatic N) is 2. The lowest BCUT2D eigenvalue weighted by atomic mass is 9.90. The summed E-state index contributed by atoms with van der Waals surface area (Å²) in [6.45, 7) is 1.92. The van der Waals surface area contributed by atoms with E-state index < -0.39 is 6.09 Å². The molecule has 2 aromatic rings. The molecule has 1 N–H and O–H groups in total. The van der Waals surface area contributed by atoms with Crippen molar-refractivity contribution < 1.29 is 9.53 Å². The molecule has 3 heterocycles. The summed E-state index contributed by atoms with van der Waals surface area (Å²) in [5.41, 5.74) is 3.81. The molecule has 1 amide bonds. The van der Waals surface area contributed by atoms with E-state index in [0.717, 1.165) is 47.4 Å². The summed E-state index contributed by atoms with van der Waals surface area (Å²) < 4.78 is 4.81. The number of fused-ring (bicyclic) bond motifs is 3. The van der Waals surface area contributed by atoms with E-state index in [2.05, 4.69) is 10.2 Å². The number of aromatic nitrogens is 1. The van der Waals surface area contributed by atoms with Crippen LogP contribution in [0, 0.1) is 0 Å². The second-order valence-electron chi connectivity index (χ2n) is 6.51. The second kappa shape index (κ2) is 6.22. The van der Waals surface area contributed by atoms with Gasteiger partial charge in [-0.25, -0.2) is 4.79 Å². The number of hydrogen-bond donors (Lipinski definition) is 1. The Bertz CT molecular complexity index is 808. The van der Waals surface area contributed by atoms with Gasteiger partial charge in [0.25, 0.3) is 0 Å². The van der Waals surface area contributed by atoms with Crippen molar-refractivity contribution in [2.75, 3.05) is 19.0 Å². The van der Waals surface area contributed by atoms with Gasteiger partial charge >= 0.3 is 6.09 Å². The fraction of sp³-hybridized carbons (Fsp3) is 0.444. The quantitative estimate of drug-likeness (QED) is 0.849. The molecule has 1 atom stereocenters. The van der Waals surface area contributed by atoms with Gasteiger partial charge < -0.3 is 4.74 Å². The van der Waals surface area contributed by atoms with E-state index in [9.17, 15) is 4.79 Å². The van der Waals surface area contributed by atoms with E-state index in [1.807, 2.05) is 18.2 Å². The van der Waals surface area contributed by atoms with Crippen LogP contribution in [-0.4, -0.2) is 35.7 Å². The summed E-state index contributed by atoms with van der Waals surface area (Å²) in [6, 6.07) is 6.17. The van der Waals surface area contributed by atoms with Crippen LogP contribution in [0.5, 0.6) is 0 Å². The van der Waals surface area contributed by atoms with Gasteiger partial charge in [-0.05, 0) is 37.6 Å². The minimum Gasteiger partial charge on any atom is -0.453 e. The summed E-state index contributed by atoms with van der Waals surface area (Å²) in [6.07, 6.45) is 4.21. The number of rotatable bonds is 1. The lowest BCUT2D eigenvalue weighted by Crippen LogP contribution is -2.44. The fourth-order valence-corrected chi connectivity index (χ4v) is 4.06. The molecule has 1 fully saturated rings. The van der Waals surface area contributed by atoms with Gasteiger partial charge in [0.15, 0.2) is 0 Å². The molecular weight excluding hydrogens is 326 g/mol. The van der Waals surface area contributed by atoms with Crippen molar-refractivity contribution in [1.82, 2.24) is 9.88 Å². The first-order chi connectivity index (χ1) is 11.7. The molecule has 5 nitrogen and oxygen atoms in total. The van der Waals surface area contributed by atoms with Crippen LogP contribution < -0.4 is 5.32 Å². The van der Waals surface area contributed by atoms with Crippen molar-refractivity contribution in [1.29, 1.82) is 0 Å². The van der Waals surface area contributed by atoms with Gasteiger partial charge in [0.2, 0.25) is 0 Å². The largest absolute Gasteiger partial charge is 0.453 e. The normalized spacial score (nSPS) is 20.3. The van der Waals surface area contributed by atoms with Crippen LogP contribution in [0.3, 0.4) is 0 Å².